The largest absolute Gasteiger partial charge is 0.454 e. The molecule has 2 heterocycles. The summed E-state index contributed by atoms with van der Waals surface area (Å²) in [6, 6.07) is 9.99. The third-order valence-corrected chi connectivity index (χ3v) is 4.16. The van der Waals surface area contributed by atoms with Crippen molar-refractivity contribution in [1.29, 1.82) is 0 Å². The summed E-state index contributed by atoms with van der Waals surface area (Å²) in [5, 5.41) is 6.77. The maximum absolute atomic E-state index is 5.43. The van der Waals surface area contributed by atoms with Gasteiger partial charge in [-0.3, -0.25) is 0 Å². The van der Waals surface area contributed by atoms with Crippen molar-refractivity contribution in [3.05, 3.63) is 46.6 Å². The average Bonchev–Trinajstić information content (AvgIpc) is 3.04. The molecule has 0 unspecified atom stereocenters. The van der Waals surface area contributed by atoms with Crippen LogP contribution < -0.4 is 20.1 Å². The maximum atomic E-state index is 5.43. The lowest BCUT2D eigenvalue weighted by Gasteiger charge is -2.08. The molecule has 23 heavy (non-hydrogen) atoms. The molecular weight excluding hydrogens is 358 g/mol. The third-order valence-electron chi connectivity index (χ3n) is 3.57. The van der Waals surface area contributed by atoms with E-state index < -0.39 is 0 Å². The number of unbranched alkanes of at least 4 members (excludes halogenated alkanes) is 1. The van der Waals surface area contributed by atoms with Crippen molar-refractivity contribution in [3.8, 4) is 11.5 Å². The van der Waals surface area contributed by atoms with Gasteiger partial charge in [0, 0.05) is 19.3 Å². The van der Waals surface area contributed by atoms with Gasteiger partial charge in [-0.15, -0.1) is 0 Å². The summed E-state index contributed by atoms with van der Waals surface area (Å²) in [6.45, 7) is 3.04. The van der Waals surface area contributed by atoms with Crippen LogP contribution in [0.1, 0.15) is 18.4 Å². The summed E-state index contributed by atoms with van der Waals surface area (Å²) in [5.74, 6) is 2.55. The van der Waals surface area contributed by atoms with Crippen molar-refractivity contribution in [2.75, 3.05) is 25.2 Å². The number of nitrogens with zero attached hydrogens (tertiary/aromatic N) is 1. The van der Waals surface area contributed by atoms with Crippen molar-refractivity contribution in [3.63, 3.8) is 0 Å². The van der Waals surface area contributed by atoms with Gasteiger partial charge in [-0.2, -0.15) is 0 Å². The van der Waals surface area contributed by atoms with Gasteiger partial charge < -0.3 is 20.1 Å². The van der Waals surface area contributed by atoms with Crippen molar-refractivity contribution in [2.24, 2.45) is 0 Å². The lowest BCUT2D eigenvalue weighted by Crippen LogP contribution is -2.16. The Labute approximate surface area is 144 Å². The Hall–Kier alpha value is -1.79. The van der Waals surface area contributed by atoms with Crippen LogP contribution in [0.25, 0.3) is 0 Å². The standard InChI is InChI=1S/C17H20BrN3O2/c18-14-9-13(10-15-17(14)23-12-22-15)11-19-6-3-4-8-21-16-5-1-2-7-20-16/h1-2,5,7,9-10,19H,3-4,6,8,11-12H2,(H,20,21). The van der Waals surface area contributed by atoms with Crippen LogP contribution in [0.15, 0.2) is 41.0 Å². The minimum Gasteiger partial charge on any atom is -0.454 e. The molecule has 6 heteroatoms. The van der Waals surface area contributed by atoms with E-state index in [1.807, 2.05) is 24.3 Å². The van der Waals surface area contributed by atoms with Crippen LogP contribution >= 0.6 is 15.9 Å². The van der Waals surface area contributed by atoms with Crippen molar-refractivity contribution in [1.82, 2.24) is 10.3 Å². The van der Waals surface area contributed by atoms with Crippen molar-refractivity contribution >= 4 is 21.7 Å². The van der Waals surface area contributed by atoms with Gasteiger partial charge in [0.2, 0.25) is 6.79 Å². The second kappa shape index (κ2) is 8.17. The van der Waals surface area contributed by atoms with Crippen molar-refractivity contribution in [2.45, 2.75) is 19.4 Å². The Bertz CT molecular complexity index is 637. The van der Waals surface area contributed by atoms with E-state index in [1.165, 1.54) is 5.56 Å². The summed E-state index contributed by atoms with van der Waals surface area (Å²) < 4.78 is 11.8. The number of nitrogens with one attached hydrogen (secondary N) is 2. The van der Waals surface area contributed by atoms with Gasteiger partial charge in [0.15, 0.2) is 11.5 Å². The first-order valence-electron chi connectivity index (χ1n) is 7.76. The predicted octanol–water partition coefficient (Wildman–Crippen LogP) is 3.55. The predicted molar refractivity (Wildman–Crippen MR) is 93.9 cm³/mol. The van der Waals surface area contributed by atoms with Gasteiger partial charge in [-0.25, -0.2) is 4.98 Å². The molecule has 0 saturated carbocycles. The van der Waals surface area contributed by atoms with Crippen LogP contribution in [0.5, 0.6) is 11.5 Å². The van der Waals surface area contributed by atoms with E-state index in [0.29, 0.717) is 6.79 Å². The maximum Gasteiger partial charge on any atom is 0.231 e. The number of fused-ring (bicyclic) bond motifs is 1. The molecule has 0 saturated heterocycles. The molecule has 0 fully saturated rings. The monoisotopic (exact) mass is 377 g/mol. The fraction of sp³-hybridized carbons (Fsp3) is 0.353. The van der Waals surface area contributed by atoms with Crippen LogP contribution in [0.2, 0.25) is 0 Å². The second-order valence-electron chi connectivity index (χ2n) is 5.34. The summed E-state index contributed by atoms with van der Waals surface area (Å²) in [6.07, 6.45) is 4.02. The smallest absolute Gasteiger partial charge is 0.231 e. The van der Waals surface area contributed by atoms with Gasteiger partial charge in [-0.05, 0) is 65.1 Å². The Morgan fingerprint density at radius 3 is 2.91 bits per heavy atom. The molecule has 1 aliphatic heterocycles. The van der Waals surface area contributed by atoms with Crippen molar-refractivity contribution < 1.29 is 9.47 Å². The minimum atomic E-state index is 0.300. The molecule has 5 nitrogen and oxygen atoms in total. The topological polar surface area (TPSA) is 55.4 Å². The molecule has 1 aromatic carbocycles. The number of benzene rings is 1. The first-order valence-corrected chi connectivity index (χ1v) is 8.56. The minimum absolute atomic E-state index is 0.300. The molecule has 0 bridgehead atoms. The summed E-state index contributed by atoms with van der Waals surface area (Å²) in [7, 11) is 0. The lowest BCUT2D eigenvalue weighted by molar-refractivity contribution is 0.173. The van der Waals surface area contributed by atoms with Gasteiger partial charge >= 0.3 is 0 Å². The number of ether oxygens (including phenoxy) is 2. The third kappa shape index (κ3) is 4.59. The Morgan fingerprint density at radius 2 is 2.04 bits per heavy atom. The molecule has 0 amide bonds. The van der Waals surface area contributed by atoms with E-state index in [-0.39, 0.29) is 0 Å². The Kier molecular flexibility index (Phi) is 5.71. The van der Waals surface area contributed by atoms with Crippen LogP contribution in [-0.4, -0.2) is 24.9 Å². The zero-order valence-corrected chi connectivity index (χ0v) is 14.4. The number of hydrogen-bond donors (Lipinski definition) is 2. The average molecular weight is 378 g/mol. The molecule has 0 radical (unpaired) electrons. The zero-order chi connectivity index (χ0) is 15.9. The molecule has 0 aliphatic carbocycles. The number of anilines is 1. The number of pyridine rings is 1. The molecule has 2 N–H and O–H groups in total. The van der Waals surface area contributed by atoms with Crippen LogP contribution in [-0.2, 0) is 6.54 Å². The number of rotatable bonds is 8. The number of halogens is 1. The molecule has 0 atom stereocenters. The fourth-order valence-electron chi connectivity index (χ4n) is 2.41. The van der Waals surface area contributed by atoms with E-state index in [4.69, 9.17) is 9.47 Å². The van der Waals surface area contributed by atoms with Crippen LogP contribution in [0.3, 0.4) is 0 Å². The first kappa shape index (κ1) is 16.1. The highest BCUT2D eigenvalue weighted by molar-refractivity contribution is 9.10. The highest BCUT2D eigenvalue weighted by Crippen LogP contribution is 2.39. The van der Waals surface area contributed by atoms with E-state index in [1.54, 1.807) is 6.20 Å². The van der Waals surface area contributed by atoms with Crippen LogP contribution in [0.4, 0.5) is 5.82 Å². The summed E-state index contributed by atoms with van der Waals surface area (Å²) in [4.78, 5) is 4.24. The number of aromatic nitrogens is 1. The lowest BCUT2D eigenvalue weighted by atomic mass is 10.2. The Morgan fingerprint density at radius 1 is 1.13 bits per heavy atom. The second-order valence-corrected chi connectivity index (χ2v) is 6.19. The highest BCUT2D eigenvalue weighted by Gasteiger charge is 2.17. The van der Waals surface area contributed by atoms with E-state index in [2.05, 4.69) is 37.6 Å². The molecule has 1 aromatic heterocycles. The molecule has 0 spiro atoms. The molecule has 122 valence electrons. The summed E-state index contributed by atoms with van der Waals surface area (Å²) >= 11 is 3.52. The SMILES string of the molecule is Brc1cc(CNCCCCNc2ccccn2)cc2c1OCO2. The van der Waals surface area contributed by atoms with Gasteiger partial charge in [-0.1, -0.05) is 6.07 Å². The molecular formula is C17H20BrN3O2. The van der Waals surface area contributed by atoms with E-state index in [9.17, 15) is 0 Å². The molecule has 1 aliphatic rings. The van der Waals surface area contributed by atoms with E-state index >= 15 is 0 Å². The van der Waals surface area contributed by atoms with Gasteiger partial charge in [0.25, 0.3) is 0 Å². The molecule has 2 aromatic rings. The van der Waals surface area contributed by atoms with Crippen LogP contribution in [0, 0.1) is 0 Å². The summed E-state index contributed by atoms with van der Waals surface area (Å²) in [5.41, 5.74) is 1.19. The van der Waals surface area contributed by atoms with E-state index in [0.717, 1.165) is 54.3 Å². The first-order chi connectivity index (χ1) is 11.3. The van der Waals surface area contributed by atoms with Gasteiger partial charge in [0.05, 0.1) is 4.47 Å². The molecule has 3 rings (SSSR count). The number of hydrogen-bond acceptors (Lipinski definition) is 5. The normalized spacial score (nSPS) is 12.4. The fourth-order valence-corrected chi connectivity index (χ4v) is 3.02. The highest BCUT2D eigenvalue weighted by atomic mass is 79.9. The Balaban J connectivity index is 1.32. The quantitative estimate of drug-likeness (QED) is 0.688. The zero-order valence-electron chi connectivity index (χ0n) is 12.8. The van der Waals surface area contributed by atoms with Gasteiger partial charge in [0.1, 0.15) is 5.82 Å².